The van der Waals surface area contributed by atoms with Crippen molar-refractivity contribution in [3.8, 4) is 0 Å². The van der Waals surface area contributed by atoms with Crippen molar-refractivity contribution in [2.45, 2.75) is 26.3 Å². The summed E-state index contributed by atoms with van der Waals surface area (Å²) in [6.07, 6.45) is 2.10. The monoisotopic (exact) mass is 242 g/mol. The fourth-order valence-electron chi connectivity index (χ4n) is 1.24. The second kappa shape index (κ2) is 5.77. The van der Waals surface area contributed by atoms with Crippen molar-refractivity contribution in [3.63, 3.8) is 0 Å². The first-order valence-electron chi connectivity index (χ1n) is 5.04. The number of hydrogen-bond donors (Lipinski definition) is 2. The number of nitrogens with zero attached hydrogens (tertiary/aromatic N) is 2. The summed E-state index contributed by atoms with van der Waals surface area (Å²) in [6, 6.07) is 1.03. The standard InChI is InChI=1S/C10H15ClN4O/c1-6(2)5-7(12)9(16)14-8-3-4-13-10(11)15-8/h3-4,6-7H,5,12H2,1-2H3,(H,13,14,15,16). The summed E-state index contributed by atoms with van der Waals surface area (Å²) in [7, 11) is 0. The van der Waals surface area contributed by atoms with Gasteiger partial charge < -0.3 is 11.1 Å². The van der Waals surface area contributed by atoms with E-state index in [9.17, 15) is 4.79 Å². The lowest BCUT2D eigenvalue weighted by atomic mass is 10.0. The number of nitrogens with one attached hydrogen (secondary N) is 1. The molecule has 1 heterocycles. The van der Waals surface area contributed by atoms with E-state index in [1.54, 1.807) is 6.07 Å². The summed E-state index contributed by atoms with van der Waals surface area (Å²) >= 11 is 5.59. The van der Waals surface area contributed by atoms with Gasteiger partial charge in [-0.15, -0.1) is 0 Å². The second-order valence-electron chi connectivity index (χ2n) is 3.94. The molecule has 88 valence electrons. The Morgan fingerprint density at radius 3 is 2.88 bits per heavy atom. The molecule has 0 aliphatic heterocycles. The molecule has 16 heavy (non-hydrogen) atoms. The van der Waals surface area contributed by atoms with Crippen LogP contribution in [0.5, 0.6) is 0 Å². The van der Waals surface area contributed by atoms with Crippen LogP contribution in [0.3, 0.4) is 0 Å². The van der Waals surface area contributed by atoms with Crippen LogP contribution in [0.15, 0.2) is 12.3 Å². The van der Waals surface area contributed by atoms with Crippen LogP contribution < -0.4 is 11.1 Å². The molecular formula is C10H15ClN4O. The molecule has 6 heteroatoms. The van der Waals surface area contributed by atoms with E-state index in [0.29, 0.717) is 18.2 Å². The summed E-state index contributed by atoms with van der Waals surface area (Å²) in [4.78, 5) is 19.2. The van der Waals surface area contributed by atoms with Crippen LogP contribution >= 0.6 is 11.6 Å². The van der Waals surface area contributed by atoms with Crippen LogP contribution in [0.25, 0.3) is 0 Å². The van der Waals surface area contributed by atoms with Gasteiger partial charge in [-0.3, -0.25) is 4.79 Å². The number of aromatic nitrogens is 2. The molecule has 0 saturated heterocycles. The minimum Gasteiger partial charge on any atom is -0.320 e. The SMILES string of the molecule is CC(C)CC(N)C(=O)Nc1ccnc(Cl)n1. The Hall–Kier alpha value is -1.20. The van der Waals surface area contributed by atoms with Gasteiger partial charge in [0, 0.05) is 6.20 Å². The van der Waals surface area contributed by atoms with Crippen molar-refractivity contribution in [1.82, 2.24) is 9.97 Å². The topological polar surface area (TPSA) is 80.9 Å². The number of carbonyl (C=O) groups is 1. The molecule has 1 amide bonds. The van der Waals surface area contributed by atoms with Crippen molar-refractivity contribution >= 4 is 23.3 Å². The highest BCUT2D eigenvalue weighted by Crippen LogP contribution is 2.08. The van der Waals surface area contributed by atoms with Crippen molar-refractivity contribution < 1.29 is 4.79 Å². The maximum absolute atomic E-state index is 11.6. The fourth-order valence-corrected chi connectivity index (χ4v) is 1.39. The van der Waals surface area contributed by atoms with E-state index >= 15 is 0 Å². The molecule has 3 N–H and O–H groups in total. The number of hydrogen-bond acceptors (Lipinski definition) is 4. The molecular weight excluding hydrogens is 228 g/mol. The van der Waals surface area contributed by atoms with Crippen molar-refractivity contribution in [3.05, 3.63) is 17.5 Å². The van der Waals surface area contributed by atoms with Crippen LogP contribution in [0.1, 0.15) is 20.3 Å². The van der Waals surface area contributed by atoms with Crippen LogP contribution in [-0.2, 0) is 4.79 Å². The Morgan fingerprint density at radius 1 is 1.62 bits per heavy atom. The van der Waals surface area contributed by atoms with Gasteiger partial charge in [0.2, 0.25) is 11.2 Å². The number of nitrogens with two attached hydrogens (primary N) is 1. The molecule has 1 rings (SSSR count). The van der Waals surface area contributed by atoms with Gasteiger partial charge in [0.1, 0.15) is 5.82 Å². The molecule has 0 aliphatic rings. The summed E-state index contributed by atoms with van der Waals surface area (Å²) in [5.74, 6) is 0.474. The lowest BCUT2D eigenvalue weighted by molar-refractivity contribution is -0.117. The Labute approximate surface area is 99.4 Å². The van der Waals surface area contributed by atoms with Crippen molar-refractivity contribution in [2.24, 2.45) is 11.7 Å². The number of halogens is 1. The number of anilines is 1. The minimum absolute atomic E-state index is 0.0928. The van der Waals surface area contributed by atoms with Gasteiger partial charge in [-0.05, 0) is 30.0 Å². The first-order chi connectivity index (χ1) is 7.49. The van der Waals surface area contributed by atoms with Gasteiger partial charge in [0.15, 0.2) is 0 Å². The summed E-state index contributed by atoms with van der Waals surface area (Å²) < 4.78 is 0. The van der Waals surface area contributed by atoms with Gasteiger partial charge >= 0.3 is 0 Å². The van der Waals surface area contributed by atoms with Crippen molar-refractivity contribution in [1.29, 1.82) is 0 Å². The van der Waals surface area contributed by atoms with Crippen LogP contribution in [0.2, 0.25) is 5.28 Å². The van der Waals surface area contributed by atoms with Gasteiger partial charge in [-0.25, -0.2) is 9.97 Å². The molecule has 0 spiro atoms. The second-order valence-corrected chi connectivity index (χ2v) is 4.27. The summed E-state index contributed by atoms with van der Waals surface area (Å²) in [6.45, 7) is 4.02. The lowest BCUT2D eigenvalue weighted by Crippen LogP contribution is -2.36. The third-order valence-electron chi connectivity index (χ3n) is 1.94. The van der Waals surface area contributed by atoms with Crippen LogP contribution in [0, 0.1) is 5.92 Å². The van der Waals surface area contributed by atoms with E-state index in [4.69, 9.17) is 17.3 Å². The molecule has 1 atom stereocenters. The predicted molar refractivity (Wildman–Crippen MR) is 63.1 cm³/mol. The zero-order valence-electron chi connectivity index (χ0n) is 9.27. The average molecular weight is 243 g/mol. The van der Waals surface area contributed by atoms with Crippen molar-refractivity contribution in [2.75, 3.05) is 5.32 Å². The Balaban J connectivity index is 2.57. The molecule has 1 aromatic heterocycles. The lowest BCUT2D eigenvalue weighted by Gasteiger charge is -2.13. The molecule has 0 radical (unpaired) electrons. The maximum Gasteiger partial charge on any atom is 0.242 e. The third kappa shape index (κ3) is 4.12. The number of amides is 1. The third-order valence-corrected chi connectivity index (χ3v) is 2.12. The first-order valence-corrected chi connectivity index (χ1v) is 5.42. The van der Waals surface area contributed by atoms with E-state index < -0.39 is 6.04 Å². The highest BCUT2D eigenvalue weighted by Gasteiger charge is 2.15. The molecule has 1 unspecified atom stereocenters. The largest absolute Gasteiger partial charge is 0.320 e. The van der Waals surface area contributed by atoms with Gasteiger partial charge in [0.25, 0.3) is 0 Å². The van der Waals surface area contributed by atoms with E-state index in [0.717, 1.165) is 0 Å². The highest BCUT2D eigenvalue weighted by molar-refractivity contribution is 6.28. The van der Waals surface area contributed by atoms with Crippen LogP contribution in [-0.4, -0.2) is 21.9 Å². The zero-order chi connectivity index (χ0) is 12.1. The molecule has 0 aromatic carbocycles. The average Bonchev–Trinajstić information content (AvgIpc) is 2.16. The highest BCUT2D eigenvalue weighted by atomic mass is 35.5. The fraction of sp³-hybridized carbons (Fsp3) is 0.500. The van der Waals surface area contributed by atoms with Gasteiger partial charge in [0.05, 0.1) is 6.04 Å². The quantitative estimate of drug-likeness (QED) is 0.783. The number of rotatable bonds is 4. The zero-order valence-corrected chi connectivity index (χ0v) is 10.0. The van der Waals surface area contributed by atoms with E-state index in [2.05, 4.69) is 15.3 Å². The molecule has 5 nitrogen and oxygen atoms in total. The van der Waals surface area contributed by atoms with Gasteiger partial charge in [-0.2, -0.15) is 0 Å². The Bertz CT molecular complexity index is 370. The van der Waals surface area contributed by atoms with Gasteiger partial charge in [-0.1, -0.05) is 13.8 Å². The molecule has 0 aliphatic carbocycles. The normalized spacial score (nSPS) is 12.6. The summed E-state index contributed by atoms with van der Waals surface area (Å²) in [5.41, 5.74) is 5.72. The Kier molecular flexibility index (Phi) is 4.64. The molecule has 0 saturated carbocycles. The predicted octanol–water partition coefficient (Wildman–Crippen LogP) is 1.44. The van der Waals surface area contributed by atoms with E-state index in [-0.39, 0.29) is 11.2 Å². The molecule has 0 fully saturated rings. The molecule has 1 aromatic rings. The van der Waals surface area contributed by atoms with E-state index in [1.807, 2.05) is 13.8 Å². The molecule has 0 bridgehead atoms. The summed E-state index contributed by atoms with van der Waals surface area (Å²) in [5, 5.41) is 2.68. The van der Waals surface area contributed by atoms with E-state index in [1.165, 1.54) is 6.20 Å². The van der Waals surface area contributed by atoms with Crippen LogP contribution in [0.4, 0.5) is 5.82 Å². The number of carbonyl (C=O) groups excluding carboxylic acids is 1. The first kappa shape index (κ1) is 12.9. The maximum atomic E-state index is 11.6. The Morgan fingerprint density at radius 2 is 2.31 bits per heavy atom. The smallest absolute Gasteiger partial charge is 0.242 e. The minimum atomic E-state index is -0.534.